The minimum Gasteiger partial charge on any atom is -0.409 e. The molecule has 1 unspecified atom stereocenters. The van der Waals surface area contributed by atoms with Crippen LogP contribution < -0.4 is 11.1 Å². The maximum Gasteiger partial charge on any atom is 0.238 e. The molecule has 0 aliphatic rings. The first-order chi connectivity index (χ1) is 8.85. The van der Waals surface area contributed by atoms with E-state index in [-0.39, 0.29) is 17.9 Å². The van der Waals surface area contributed by atoms with Gasteiger partial charge in [-0.1, -0.05) is 23.7 Å². The third kappa shape index (κ3) is 3.14. The lowest BCUT2D eigenvalue weighted by Crippen LogP contribution is -2.44. The van der Waals surface area contributed by atoms with Crippen molar-refractivity contribution >= 4 is 29.0 Å². The Morgan fingerprint density at radius 3 is 2.79 bits per heavy atom. The predicted octanol–water partition coefficient (Wildman–Crippen LogP) is 2.58. The Kier molecular flexibility index (Phi) is 4.72. The zero-order valence-electron chi connectivity index (χ0n) is 10.6. The van der Waals surface area contributed by atoms with Crippen molar-refractivity contribution in [3.8, 4) is 0 Å². The Morgan fingerprint density at radius 2 is 2.26 bits per heavy atom. The molecular weight excluding hydrogens is 273 g/mol. The van der Waals surface area contributed by atoms with Crippen molar-refractivity contribution in [2.75, 3.05) is 5.32 Å². The minimum atomic E-state index is -1.23. The molecule has 0 bridgehead atoms. The fourth-order valence-corrected chi connectivity index (χ4v) is 1.59. The first-order valence-corrected chi connectivity index (χ1v) is 5.97. The number of oxime groups is 1. The van der Waals surface area contributed by atoms with Gasteiger partial charge in [0.15, 0.2) is 5.84 Å². The summed E-state index contributed by atoms with van der Waals surface area (Å²) in [7, 11) is 0. The fraction of sp³-hybridized carbons (Fsp3) is 0.333. The molecule has 19 heavy (non-hydrogen) atoms. The summed E-state index contributed by atoms with van der Waals surface area (Å²) in [4.78, 5) is 12.1. The van der Waals surface area contributed by atoms with Gasteiger partial charge in [0.1, 0.15) is 11.2 Å². The largest absolute Gasteiger partial charge is 0.409 e. The van der Waals surface area contributed by atoms with E-state index < -0.39 is 17.1 Å². The van der Waals surface area contributed by atoms with Gasteiger partial charge in [-0.15, -0.1) is 0 Å². The van der Waals surface area contributed by atoms with Crippen molar-refractivity contribution in [3.05, 3.63) is 29.0 Å². The van der Waals surface area contributed by atoms with Crippen LogP contribution in [0.2, 0.25) is 5.02 Å². The Bertz CT molecular complexity index is 522. The first-order valence-electron chi connectivity index (χ1n) is 5.59. The number of amidine groups is 1. The van der Waals surface area contributed by atoms with Crippen LogP contribution in [0.4, 0.5) is 10.1 Å². The van der Waals surface area contributed by atoms with Gasteiger partial charge in [-0.3, -0.25) is 4.79 Å². The number of rotatable bonds is 4. The van der Waals surface area contributed by atoms with Gasteiger partial charge >= 0.3 is 0 Å². The van der Waals surface area contributed by atoms with Gasteiger partial charge in [0, 0.05) is 5.02 Å². The molecule has 0 saturated heterocycles. The number of hydrogen-bond donors (Lipinski definition) is 3. The minimum absolute atomic E-state index is 0.0529. The molecule has 1 aromatic rings. The van der Waals surface area contributed by atoms with Gasteiger partial charge in [0.2, 0.25) is 5.91 Å². The number of benzene rings is 1. The molecule has 1 rings (SSSR count). The standard InChI is InChI=1S/C12H15ClFN3O2/c1-3-12(2,10(15)17-19)11(18)16-9-6-7(13)4-5-8(9)14/h4-6,19H,3H2,1-2H3,(H2,15,17)(H,16,18). The fourth-order valence-electron chi connectivity index (χ4n) is 1.42. The summed E-state index contributed by atoms with van der Waals surface area (Å²) in [5.41, 5.74) is 4.22. The number of nitrogens with one attached hydrogen (secondary N) is 1. The molecule has 1 amide bonds. The number of nitrogens with zero attached hydrogens (tertiary/aromatic N) is 1. The van der Waals surface area contributed by atoms with Crippen LogP contribution in [0.1, 0.15) is 20.3 Å². The van der Waals surface area contributed by atoms with Crippen LogP contribution in [0, 0.1) is 11.2 Å². The number of amides is 1. The maximum absolute atomic E-state index is 13.5. The van der Waals surface area contributed by atoms with Crippen molar-refractivity contribution in [1.82, 2.24) is 0 Å². The molecule has 104 valence electrons. The van der Waals surface area contributed by atoms with E-state index in [1.165, 1.54) is 19.1 Å². The van der Waals surface area contributed by atoms with E-state index in [0.29, 0.717) is 5.02 Å². The highest BCUT2D eigenvalue weighted by Gasteiger charge is 2.36. The monoisotopic (exact) mass is 287 g/mol. The summed E-state index contributed by atoms with van der Waals surface area (Å²) in [6.07, 6.45) is 0.289. The highest BCUT2D eigenvalue weighted by atomic mass is 35.5. The molecule has 1 aromatic carbocycles. The number of hydrogen-bond acceptors (Lipinski definition) is 3. The molecule has 0 heterocycles. The molecule has 0 aromatic heterocycles. The molecule has 1 atom stereocenters. The van der Waals surface area contributed by atoms with E-state index in [2.05, 4.69) is 10.5 Å². The Balaban J connectivity index is 3.04. The van der Waals surface area contributed by atoms with E-state index >= 15 is 0 Å². The van der Waals surface area contributed by atoms with Gasteiger partial charge in [-0.25, -0.2) is 4.39 Å². The van der Waals surface area contributed by atoms with E-state index in [1.807, 2.05) is 0 Å². The lowest BCUT2D eigenvalue weighted by molar-refractivity contribution is -0.121. The smallest absolute Gasteiger partial charge is 0.238 e. The molecule has 0 saturated carbocycles. The predicted molar refractivity (Wildman–Crippen MR) is 71.8 cm³/mol. The molecule has 0 spiro atoms. The average Bonchev–Trinajstić information content (AvgIpc) is 2.40. The quantitative estimate of drug-likeness (QED) is 0.344. The molecule has 0 aliphatic carbocycles. The summed E-state index contributed by atoms with van der Waals surface area (Å²) in [5.74, 6) is -1.43. The molecule has 0 radical (unpaired) electrons. The van der Waals surface area contributed by atoms with Crippen molar-refractivity contribution in [3.63, 3.8) is 0 Å². The summed E-state index contributed by atoms with van der Waals surface area (Å²) in [6, 6.07) is 3.80. The third-order valence-corrected chi connectivity index (χ3v) is 3.29. The van der Waals surface area contributed by atoms with Crippen LogP contribution in [0.3, 0.4) is 0 Å². The van der Waals surface area contributed by atoms with Crippen molar-refractivity contribution in [2.45, 2.75) is 20.3 Å². The Hall–Kier alpha value is -1.82. The number of carbonyl (C=O) groups is 1. The number of carbonyl (C=O) groups excluding carboxylic acids is 1. The topological polar surface area (TPSA) is 87.7 Å². The second-order valence-electron chi connectivity index (χ2n) is 4.25. The molecule has 0 aliphatic heterocycles. The van der Waals surface area contributed by atoms with Crippen LogP contribution in [-0.4, -0.2) is 17.0 Å². The maximum atomic E-state index is 13.5. The van der Waals surface area contributed by atoms with Gasteiger partial charge in [-0.2, -0.15) is 0 Å². The molecular formula is C12H15ClFN3O2. The first kappa shape index (κ1) is 15.2. The summed E-state index contributed by atoms with van der Waals surface area (Å²) in [6.45, 7) is 3.20. The van der Waals surface area contributed by atoms with Gasteiger partial charge in [0.05, 0.1) is 5.69 Å². The van der Waals surface area contributed by atoms with Crippen LogP contribution in [0.25, 0.3) is 0 Å². The van der Waals surface area contributed by atoms with Crippen LogP contribution in [0.5, 0.6) is 0 Å². The zero-order chi connectivity index (χ0) is 14.6. The Morgan fingerprint density at radius 1 is 1.63 bits per heavy atom. The summed E-state index contributed by atoms with van der Waals surface area (Å²) < 4.78 is 13.5. The van der Waals surface area contributed by atoms with E-state index in [4.69, 9.17) is 22.5 Å². The number of nitrogens with two attached hydrogens (primary N) is 1. The normalized spacial score (nSPS) is 14.8. The second kappa shape index (κ2) is 5.88. The van der Waals surface area contributed by atoms with E-state index in [1.54, 1.807) is 6.92 Å². The second-order valence-corrected chi connectivity index (χ2v) is 4.69. The van der Waals surface area contributed by atoms with Gasteiger partial charge < -0.3 is 16.3 Å². The van der Waals surface area contributed by atoms with Crippen LogP contribution >= 0.6 is 11.6 Å². The van der Waals surface area contributed by atoms with Crippen molar-refractivity contribution in [2.24, 2.45) is 16.3 Å². The SMILES string of the molecule is CCC(C)(C(=O)Nc1cc(Cl)ccc1F)/C(N)=N/O. The number of halogens is 2. The molecule has 4 N–H and O–H groups in total. The van der Waals surface area contributed by atoms with Crippen molar-refractivity contribution < 1.29 is 14.4 Å². The molecule has 5 nitrogen and oxygen atoms in total. The Labute approximate surface area is 115 Å². The highest BCUT2D eigenvalue weighted by molar-refractivity contribution is 6.31. The van der Waals surface area contributed by atoms with Gasteiger partial charge in [-0.05, 0) is 31.5 Å². The number of anilines is 1. The lowest BCUT2D eigenvalue weighted by atomic mass is 9.85. The zero-order valence-corrected chi connectivity index (χ0v) is 11.3. The lowest BCUT2D eigenvalue weighted by Gasteiger charge is -2.25. The highest BCUT2D eigenvalue weighted by Crippen LogP contribution is 2.26. The average molecular weight is 288 g/mol. The molecule has 0 fully saturated rings. The van der Waals surface area contributed by atoms with E-state index in [0.717, 1.165) is 6.07 Å². The third-order valence-electron chi connectivity index (χ3n) is 3.06. The van der Waals surface area contributed by atoms with Crippen molar-refractivity contribution in [1.29, 1.82) is 0 Å². The van der Waals surface area contributed by atoms with Crippen LogP contribution in [0.15, 0.2) is 23.4 Å². The summed E-state index contributed by atoms with van der Waals surface area (Å²) >= 11 is 5.73. The summed E-state index contributed by atoms with van der Waals surface area (Å²) in [5, 5.41) is 14.2. The van der Waals surface area contributed by atoms with E-state index in [9.17, 15) is 9.18 Å². The molecule has 7 heteroatoms. The van der Waals surface area contributed by atoms with Gasteiger partial charge in [0.25, 0.3) is 0 Å². The van der Waals surface area contributed by atoms with Crippen LogP contribution in [-0.2, 0) is 4.79 Å².